The van der Waals surface area contributed by atoms with Crippen molar-refractivity contribution in [1.29, 1.82) is 0 Å². The van der Waals surface area contributed by atoms with E-state index in [9.17, 15) is 19.8 Å². The number of carbonyl (C=O) groups excluding carboxylic acids is 2. The lowest BCUT2D eigenvalue weighted by Crippen LogP contribution is -2.74. The number of rotatable bonds is 7. The highest BCUT2D eigenvalue weighted by atomic mass is 16.6. The average Bonchev–Trinajstić information content (AvgIpc) is 3.27. The molecule has 5 atom stereocenters. The van der Waals surface area contributed by atoms with Gasteiger partial charge in [-0.3, -0.25) is 9.59 Å². The van der Waals surface area contributed by atoms with Crippen LogP contribution in [0.2, 0.25) is 0 Å². The van der Waals surface area contributed by atoms with Crippen LogP contribution in [0.25, 0.3) is 0 Å². The molecule has 1 saturated heterocycles. The summed E-state index contributed by atoms with van der Waals surface area (Å²) in [6, 6.07) is 13.2. The quantitative estimate of drug-likeness (QED) is 0.538. The Morgan fingerprint density at radius 3 is 2.68 bits per heavy atom. The van der Waals surface area contributed by atoms with E-state index in [1.54, 1.807) is 13.0 Å². The van der Waals surface area contributed by atoms with Crippen molar-refractivity contribution in [3.8, 4) is 5.75 Å². The van der Waals surface area contributed by atoms with Crippen LogP contribution >= 0.6 is 0 Å². The molecule has 2 bridgehead atoms. The van der Waals surface area contributed by atoms with Crippen molar-refractivity contribution in [1.82, 2.24) is 4.90 Å². The van der Waals surface area contributed by atoms with Crippen LogP contribution in [0.1, 0.15) is 61.0 Å². The molecule has 2 aliphatic heterocycles. The lowest BCUT2D eigenvalue weighted by Gasteiger charge is -2.61. The normalized spacial score (nSPS) is 29.5. The number of benzene rings is 2. The molecular formula is C30H33NO7. The van der Waals surface area contributed by atoms with Crippen LogP contribution in [0.4, 0.5) is 0 Å². The van der Waals surface area contributed by atoms with Gasteiger partial charge in [-0.1, -0.05) is 42.5 Å². The van der Waals surface area contributed by atoms with Gasteiger partial charge in [0, 0.05) is 23.6 Å². The molecule has 1 fully saturated rings. The number of likely N-dealkylation sites (tertiary alicyclic amines) is 1. The molecule has 200 valence electrons. The van der Waals surface area contributed by atoms with Crippen LogP contribution in [-0.2, 0) is 37.5 Å². The van der Waals surface area contributed by atoms with E-state index < -0.39 is 35.2 Å². The minimum atomic E-state index is -1.09. The minimum absolute atomic E-state index is 0.101. The van der Waals surface area contributed by atoms with E-state index in [-0.39, 0.29) is 25.5 Å². The Hall–Kier alpha value is -3.20. The van der Waals surface area contributed by atoms with Gasteiger partial charge in [-0.15, -0.1) is 0 Å². The molecule has 38 heavy (non-hydrogen) atoms. The number of aliphatic hydroxyl groups excluding tert-OH is 1. The van der Waals surface area contributed by atoms with E-state index in [0.29, 0.717) is 36.3 Å². The number of piperidine rings is 1. The summed E-state index contributed by atoms with van der Waals surface area (Å²) in [6.45, 7) is 2.37. The monoisotopic (exact) mass is 519 g/mol. The molecule has 0 saturated carbocycles. The first-order valence-corrected chi connectivity index (χ1v) is 13.3. The summed E-state index contributed by atoms with van der Waals surface area (Å²) >= 11 is 0. The van der Waals surface area contributed by atoms with Gasteiger partial charge in [0.15, 0.2) is 6.10 Å². The molecule has 8 nitrogen and oxygen atoms in total. The molecule has 2 unspecified atom stereocenters. The third kappa shape index (κ3) is 3.61. The second-order valence-electron chi connectivity index (χ2n) is 10.9. The summed E-state index contributed by atoms with van der Waals surface area (Å²) in [4.78, 5) is 27.5. The first-order valence-electron chi connectivity index (χ1n) is 13.3. The lowest BCUT2D eigenvalue weighted by atomic mass is 9.50. The topological polar surface area (TPSA) is 106 Å². The number of carbonyl (C=O) groups is 2. The van der Waals surface area contributed by atoms with Crippen LogP contribution in [0.5, 0.6) is 5.75 Å². The van der Waals surface area contributed by atoms with E-state index in [1.165, 1.54) is 0 Å². The van der Waals surface area contributed by atoms with Gasteiger partial charge < -0.3 is 29.3 Å². The second-order valence-corrected chi connectivity index (χ2v) is 10.9. The standard InChI is InChI=1S/C30H33NO7/c1-18(19-6-4-3-5-7-19)36-24(33)10-11-25(34)37-22-12-13-30(35)23-16-20-8-9-21(17-32)27-26(20)29(30,28(22)38-27)14-15-31(23)2/h3-9,12,18,23,28,32,35H,10-11,13-17H2,1-2H3/t18-,23-,28?,29?,30-/m1/s1. The molecule has 2 aromatic carbocycles. The van der Waals surface area contributed by atoms with Gasteiger partial charge in [-0.25, -0.2) is 0 Å². The van der Waals surface area contributed by atoms with E-state index in [4.69, 9.17) is 14.2 Å². The molecule has 6 rings (SSSR count). The molecule has 0 aromatic heterocycles. The molecule has 0 amide bonds. The molecule has 2 N–H and O–H groups in total. The van der Waals surface area contributed by atoms with Crippen molar-refractivity contribution in [3.63, 3.8) is 0 Å². The van der Waals surface area contributed by atoms with Crippen LogP contribution < -0.4 is 4.74 Å². The van der Waals surface area contributed by atoms with Gasteiger partial charge in [-0.05, 0) is 50.6 Å². The van der Waals surface area contributed by atoms with E-state index in [0.717, 1.165) is 23.2 Å². The van der Waals surface area contributed by atoms with Crippen LogP contribution in [0, 0.1) is 0 Å². The Labute approximate surface area is 221 Å². The first-order chi connectivity index (χ1) is 18.3. The molecule has 1 spiro atoms. The van der Waals surface area contributed by atoms with Crippen molar-refractivity contribution in [2.45, 2.75) is 74.9 Å². The number of hydrogen-bond donors (Lipinski definition) is 2. The zero-order valence-corrected chi connectivity index (χ0v) is 21.7. The Bertz CT molecular complexity index is 1310. The van der Waals surface area contributed by atoms with Gasteiger partial charge in [0.25, 0.3) is 0 Å². The Balaban J connectivity index is 1.21. The summed E-state index contributed by atoms with van der Waals surface area (Å²) < 4.78 is 17.8. The maximum Gasteiger partial charge on any atom is 0.311 e. The zero-order chi connectivity index (χ0) is 26.7. The Morgan fingerprint density at radius 2 is 1.92 bits per heavy atom. The number of aliphatic hydroxyl groups is 2. The summed E-state index contributed by atoms with van der Waals surface area (Å²) in [6.07, 6.45) is 2.07. The van der Waals surface area contributed by atoms with Crippen molar-refractivity contribution in [3.05, 3.63) is 76.6 Å². The molecule has 0 radical (unpaired) electrons. The van der Waals surface area contributed by atoms with Crippen LogP contribution in [0.15, 0.2) is 54.3 Å². The fraction of sp³-hybridized carbons (Fsp3) is 0.467. The summed E-state index contributed by atoms with van der Waals surface area (Å²) in [5.74, 6) is -0.0679. The van der Waals surface area contributed by atoms with Gasteiger partial charge in [0.1, 0.15) is 17.6 Å². The number of esters is 2. The first kappa shape index (κ1) is 25.1. The van der Waals surface area contributed by atoms with Crippen molar-refractivity contribution in [2.24, 2.45) is 0 Å². The van der Waals surface area contributed by atoms with Gasteiger partial charge >= 0.3 is 11.9 Å². The number of likely N-dealkylation sites (N-methyl/N-ethyl adjacent to an activating group) is 1. The fourth-order valence-corrected chi connectivity index (χ4v) is 7.07. The predicted octanol–water partition coefficient (Wildman–Crippen LogP) is 3.08. The van der Waals surface area contributed by atoms with Crippen molar-refractivity contribution < 1.29 is 34.0 Å². The molecule has 8 heteroatoms. The maximum absolute atomic E-state index is 12.9. The van der Waals surface area contributed by atoms with Gasteiger partial charge in [0.05, 0.1) is 30.5 Å². The Kier molecular flexibility index (Phi) is 6.09. The van der Waals surface area contributed by atoms with Gasteiger partial charge in [0.2, 0.25) is 0 Å². The zero-order valence-electron chi connectivity index (χ0n) is 21.7. The highest BCUT2D eigenvalue weighted by Crippen LogP contribution is 2.64. The number of hydrogen-bond acceptors (Lipinski definition) is 8. The average molecular weight is 520 g/mol. The highest BCUT2D eigenvalue weighted by molar-refractivity contribution is 5.78. The number of nitrogens with zero attached hydrogens (tertiary/aromatic N) is 1. The second kappa shape index (κ2) is 9.22. The molecule has 4 aliphatic rings. The van der Waals surface area contributed by atoms with E-state index >= 15 is 0 Å². The van der Waals surface area contributed by atoms with E-state index in [2.05, 4.69) is 4.90 Å². The number of ether oxygens (including phenoxy) is 3. The molecular weight excluding hydrogens is 486 g/mol. The van der Waals surface area contributed by atoms with Crippen molar-refractivity contribution in [2.75, 3.05) is 13.6 Å². The van der Waals surface area contributed by atoms with Crippen molar-refractivity contribution >= 4 is 11.9 Å². The minimum Gasteiger partial charge on any atom is -0.481 e. The lowest BCUT2D eigenvalue weighted by molar-refractivity contribution is -0.169. The smallest absolute Gasteiger partial charge is 0.311 e. The largest absolute Gasteiger partial charge is 0.481 e. The fourth-order valence-electron chi connectivity index (χ4n) is 7.07. The molecule has 2 heterocycles. The van der Waals surface area contributed by atoms with Gasteiger partial charge in [-0.2, -0.15) is 0 Å². The molecule has 2 aromatic rings. The predicted molar refractivity (Wildman–Crippen MR) is 137 cm³/mol. The maximum atomic E-state index is 12.9. The SMILES string of the molecule is C[C@@H](OC(=O)CCC(=O)OC1=CC[C@@]2(O)[C@H]3Cc4ccc(CO)c5c4C2(CCN3C)C1O5)c1ccccc1. The third-order valence-electron chi connectivity index (χ3n) is 8.97. The summed E-state index contributed by atoms with van der Waals surface area (Å²) in [5, 5.41) is 22.2. The molecule has 2 aliphatic carbocycles. The van der Waals surface area contributed by atoms with Crippen LogP contribution in [0.3, 0.4) is 0 Å². The third-order valence-corrected chi connectivity index (χ3v) is 8.97. The van der Waals surface area contributed by atoms with E-state index in [1.807, 2.05) is 49.5 Å². The highest BCUT2D eigenvalue weighted by Gasteiger charge is 2.71. The Morgan fingerprint density at radius 1 is 1.16 bits per heavy atom. The summed E-state index contributed by atoms with van der Waals surface area (Å²) in [7, 11) is 2.03. The summed E-state index contributed by atoms with van der Waals surface area (Å²) in [5.41, 5.74) is 1.72. The van der Waals surface area contributed by atoms with Crippen LogP contribution in [-0.4, -0.2) is 58.4 Å².